The molecule has 51 heavy (non-hydrogen) atoms. The number of aliphatic hydroxyl groups is 1. The molecule has 16 heteroatoms. The van der Waals surface area contributed by atoms with E-state index in [1.807, 2.05) is 52.8 Å². The van der Waals surface area contributed by atoms with Crippen molar-refractivity contribution in [3.8, 4) is 5.75 Å². The number of carbonyl (C=O) groups excluding carboxylic acids is 1. The summed E-state index contributed by atoms with van der Waals surface area (Å²) in [5.41, 5.74) is 9.96. The second-order valence-corrected chi connectivity index (χ2v) is 11.8. The van der Waals surface area contributed by atoms with Crippen molar-refractivity contribution in [3.05, 3.63) is 77.0 Å². The largest absolute Gasteiger partial charge is 0.491 e. The zero-order chi connectivity index (χ0) is 36.2. The van der Waals surface area contributed by atoms with Crippen LogP contribution < -0.4 is 21.1 Å². The molecule has 4 heterocycles. The van der Waals surface area contributed by atoms with E-state index in [-0.39, 0.29) is 24.3 Å². The van der Waals surface area contributed by atoms with Crippen LogP contribution in [0.25, 0.3) is 22.1 Å². The van der Waals surface area contributed by atoms with Gasteiger partial charge in [-0.15, -0.1) is 0 Å². The number of aryl methyl sites for hydroxylation is 4. The number of carboxylic acid groups (broad SMARTS) is 1. The first-order chi connectivity index (χ1) is 24.6. The number of nitrogens with one attached hydrogen (secondary N) is 2. The zero-order valence-electron chi connectivity index (χ0n) is 28.8. The molecule has 0 bridgehead atoms. The van der Waals surface area contributed by atoms with E-state index in [0.717, 1.165) is 22.7 Å². The van der Waals surface area contributed by atoms with Gasteiger partial charge >= 0.3 is 5.97 Å². The third-order valence-electron chi connectivity index (χ3n) is 8.20. The Morgan fingerprint density at radius 1 is 0.961 bits per heavy atom. The summed E-state index contributed by atoms with van der Waals surface area (Å²) in [5, 5.41) is 30.2. The van der Waals surface area contributed by atoms with Crippen LogP contribution in [-0.4, -0.2) is 69.2 Å². The number of hydrogen-bond acceptors (Lipinski definition) is 11. The Morgan fingerprint density at radius 3 is 2.39 bits per heavy atom. The smallest absolute Gasteiger partial charge is 0.335 e. The maximum atomic E-state index is 12.2. The van der Waals surface area contributed by atoms with E-state index in [1.54, 1.807) is 37.3 Å². The van der Waals surface area contributed by atoms with Crippen LogP contribution in [0.2, 0.25) is 0 Å². The Bertz CT molecular complexity index is 2260. The number of amides is 1. The highest BCUT2D eigenvalue weighted by Gasteiger charge is 2.21. The average Bonchev–Trinajstić information content (AvgIpc) is 3.85. The van der Waals surface area contributed by atoms with Gasteiger partial charge in [-0.25, -0.2) is 24.4 Å². The van der Waals surface area contributed by atoms with Gasteiger partial charge in [-0.2, -0.15) is 5.10 Å². The highest BCUT2D eigenvalue weighted by Crippen LogP contribution is 2.33. The molecule has 0 atom stereocenters. The van der Waals surface area contributed by atoms with Crippen molar-refractivity contribution >= 4 is 57.5 Å². The lowest BCUT2D eigenvalue weighted by atomic mass is 10.1. The number of ether oxygens (including phenoxy) is 1. The number of nitrogens with zero attached hydrogens (tertiary/aromatic N) is 7. The number of carbonyl (C=O) groups is 2. The van der Waals surface area contributed by atoms with E-state index in [9.17, 15) is 19.8 Å². The number of carboxylic acids is 1. The number of anilines is 4. The number of imidazole rings is 2. The molecule has 266 valence electrons. The lowest BCUT2D eigenvalue weighted by molar-refractivity contribution is 0.0696. The molecule has 0 saturated heterocycles. The number of aliphatic hydroxyl groups excluding tert-OH is 1. The predicted octanol–water partition coefficient (Wildman–Crippen LogP) is 5.07. The molecule has 0 aliphatic carbocycles. The highest BCUT2D eigenvalue weighted by molar-refractivity contribution is 5.99. The van der Waals surface area contributed by atoms with E-state index in [0.29, 0.717) is 78.4 Å². The van der Waals surface area contributed by atoms with Gasteiger partial charge in [0.1, 0.15) is 22.8 Å². The number of hydrogen-bond donors (Lipinski definition) is 5. The summed E-state index contributed by atoms with van der Waals surface area (Å²) in [6.07, 6.45) is 4.94. The van der Waals surface area contributed by atoms with Crippen LogP contribution in [0.15, 0.2) is 53.0 Å². The van der Waals surface area contributed by atoms with E-state index >= 15 is 0 Å². The van der Waals surface area contributed by atoms with E-state index in [4.69, 9.17) is 24.9 Å². The minimum absolute atomic E-state index is 0.0596. The van der Waals surface area contributed by atoms with Gasteiger partial charge in [0.2, 0.25) is 23.7 Å². The summed E-state index contributed by atoms with van der Waals surface area (Å²) >= 11 is 0. The van der Waals surface area contributed by atoms with Gasteiger partial charge in [0, 0.05) is 51.2 Å². The van der Waals surface area contributed by atoms with Crippen molar-refractivity contribution in [2.75, 3.05) is 23.8 Å². The first kappa shape index (κ1) is 34.7. The number of nitrogens with two attached hydrogens (primary N) is 1. The molecule has 0 radical (unpaired) electrons. The van der Waals surface area contributed by atoms with Crippen molar-refractivity contribution in [1.29, 1.82) is 0 Å². The van der Waals surface area contributed by atoms with Crippen molar-refractivity contribution in [2.45, 2.75) is 60.2 Å². The Morgan fingerprint density at radius 2 is 1.69 bits per heavy atom. The van der Waals surface area contributed by atoms with E-state index in [1.165, 1.54) is 0 Å². The number of benzene rings is 2. The Kier molecular flexibility index (Phi) is 10.0. The number of allylic oxidation sites excluding steroid dienone is 2. The van der Waals surface area contributed by atoms with Crippen LogP contribution in [0.4, 0.5) is 23.6 Å². The number of primary amides is 1. The van der Waals surface area contributed by atoms with E-state index < -0.39 is 11.9 Å². The summed E-state index contributed by atoms with van der Waals surface area (Å²) < 4.78 is 17.6. The van der Waals surface area contributed by atoms with Gasteiger partial charge in [-0.3, -0.25) is 10.1 Å². The van der Waals surface area contributed by atoms with Crippen molar-refractivity contribution < 1.29 is 29.0 Å². The second-order valence-electron chi connectivity index (χ2n) is 11.8. The average molecular weight is 697 g/mol. The monoisotopic (exact) mass is 696 g/mol. The van der Waals surface area contributed by atoms with Crippen LogP contribution in [0.3, 0.4) is 0 Å². The van der Waals surface area contributed by atoms with Crippen LogP contribution >= 0.6 is 0 Å². The summed E-state index contributed by atoms with van der Waals surface area (Å²) in [6, 6.07) is 9.96. The minimum atomic E-state index is -1.04. The van der Waals surface area contributed by atoms with Crippen LogP contribution in [0, 0.1) is 13.8 Å². The standard InChI is InChI=1S/C35H40N10O6/c1-5-24-32(51-21(4)37-24)41-35-39-26-18-23(31(36)47)19-28(50-15-9-14-46)30(26)44(35)13-8-7-12-43-27-11-10-22(33(48)49)17-25(27)38-34(43)40-29-16-20(3)42-45(29)6-2/h7-8,10-11,16-19,46H,5-6,9,12-15H2,1-4H3,(H2,36,47)(H,38,40)(H,39,41)(H,48,49)/b8-7+. The molecule has 6 rings (SSSR count). The molecule has 2 aromatic carbocycles. The van der Waals surface area contributed by atoms with Gasteiger partial charge in [-0.1, -0.05) is 19.1 Å². The molecule has 0 saturated carbocycles. The fourth-order valence-corrected chi connectivity index (χ4v) is 5.82. The zero-order valence-corrected chi connectivity index (χ0v) is 28.8. The van der Waals surface area contributed by atoms with Gasteiger partial charge in [0.15, 0.2) is 5.89 Å². The molecule has 0 spiro atoms. The van der Waals surface area contributed by atoms with Crippen molar-refractivity contribution in [1.82, 2.24) is 33.9 Å². The molecule has 0 aliphatic heterocycles. The Hall–Kier alpha value is -6.16. The number of aromatic carboxylic acids is 1. The summed E-state index contributed by atoms with van der Waals surface area (Å²) in [4.78, 5) is 38.0. The maximum absolute atomic E-state index is 12.2. The predicted molar refractivity (Wildman–Crippen MR) is 191 cm³/mol. The molecule has 0 fully saturated rings. The fourth-order valence-electron chi connectivity index (χ4n) is 5.82. The van der Waals surface area contributed by atoms with Gasteiger partial charge < -0.3 is 39.6 Å². The lowest BCUT2D eigenvalue weighted by Gasteiger charge is -2.13. The number of rotatable bonds is 16. The third kappa shape index (κ3) is 7.26. The topological polar surface area (TPSA) is 213 Å². The van der Waals surface area contributed by atoms with Crippen LogP contribution in [0.1, 0.15) is 58.3 Å². The summed E-state index contributed by atoms with van der Waals surface area (Å²) in [7, 11) is 0. The molecular formula is C35H40N10O6. The molecular weight excluding hydrogens is 656 g/mol. The quantitative estimate of drug-likeness (QED) is 0.0663. The number of fused-ring (bicyclic) bond motifs is 2. The fraction of sp³-hybridized carbons (Fsp3) is 0.314. The molecule has 0 unspecified atom stereocenters. The van der Waals surface area contributed by atoms with E-state index in [2.05, 4.69) is 20.7 Å². The first-order valence-electron chi connectivity index (χ1n) is 16.6. The number of aromatic nitrogens is 7. The van der Waals surface area contributed by atoms with Gasteiger partial charge in [0.25, 0.3) is 0 Å². The van der Waals surface area contributed by atoms with Gasteiger partial charge in [-0.05, 0) is 50.6 Å². The Labute approximate surface area is 292 Å². The minimum Gasteiger partial charge on any atom is -0.491 e. The molecule has 6 N–H and O–H groups in total. The van der Waals surface area contributed by atoms with Gasteiger partial charge in [0.05, 0.1) is 34.4 Å². The number of oxazole rings is 1. The first-order valence-corrected chi connectivity index (χ1v) is 16.6. The second kappa shape index (κ2) is 14.8. The third-order valence-corrected chi connectivity index (χ3v) is 8.20. The van der Waals surface area contributed by atoms with Crippen LogP contribution in [0.5, 0.6) is 5.75 Å². The van der Waals surface area contributed by atoms with Crippen molar-refractivity contribution in [2.24, 2.45) is 5.73 Å². The van der Waals surface area contributed by atoms with Crippen molar-refractivity contribution in [3.63, 3.8) is 0 Å². The highest BCUT2D eigenvalue weighted by atomic mass is 16.5. The lowest BCUT2D eigenvalue weighted by Crippen LogP contribution is -2.12. The van der Waals surface area contributed by atoms with Crippen LogP contribution in [-0.2, 0) is 26.1 Å². The summed E-state index contributed by atoms with van der Waals surface area (Å²) in [6.45, 7) is 9.15. The molecule has 16 nitrogen and oxygen atoms in total. The normalized spacial score (nSPS) is 11.6. The molecule has 6 aromatic rings. The summed E-state index contributed by atoms with van der Waals surface area (Å²) in [5.74, 6) is 1.39. The molecule has 4 aromatic heterocycles. The molecule has 1 amide bonds. The Balaban J connectivity index is 1.39. The maximum Gasteiger partial charge on any atom is 0.335 e. The molecule has 0 aliphatic rings. The SMILES string of the molecule is CCc1nc(C)oc1Nc1nc2cc(C(N)=O)cc(OCCCO)c2n1C/C=C/Cn1c(Nc2cc(C)nn2CC)nc2cc(C(=O)O)ccc21.